The minimum Gasteiger partial charge on any atom is -0.481 e. The predicted octanol–water partition coefficient (Wildman–Crippen LogP) is 3.94. The molecule has 2 aliphatic rings. The van der Waals surface area contributed by atoms with Crippen LogP contribution in [0.1, 0.15) is 43.4 Å². The summed E-state index contributed by atoms with van der Waals surface area (Å²) >= 11 is 0. The molecule has 4 heterocycles. The molecule has 9 nitrogen and oxygen atoms in total. The number of anilines is 1. The van der Waals surface area contributed by atoms with Crippen molar-refractivity contribution in [2.45, 2.75) is 50.6 Å². The first-order valence-corrected chi connectivity index (χ1v) is 12.7. The summed E-state index contributed by atoms with van der Waals surface area (Å²) < 4.78 is 45.4. The van der Waals surface area contributed by atoms with Crippen LogP contribution in [0.15, 0.2) is 24.4 Å². The minimum absolute atomic E-state index is 0.154. The monoisotopic (exact) mass is 527 g/mol. The summed E-state index contributed by atoms with van der Waals surface area (Å²) in [6.07, 6.45) is 6.11. The maximum Gasteiger partial charge on any atom is 0.263 e. The van der Waals surface area contributed by atoms with E-state index in [0.29, 0.717) is 41.4 Å². The Morgan fingerprint density at radius 3 is 2.76 bits per heavy atom. The van der Waals surface area contributed by atoms with Gasteiger partial charge in [-0.2, -0.15) is 0 Å². The van der Waals surface area contributed by atoms with Gasteiger partial charge in [-0.05, 0) is 50.5 Å². The molecule has 0 aromatic carbocycles. The lowest BCUT2D eigenvalue weighted by atomic mass is 9.75. The average molecular weight is 528 g/mol. The van der Waals surface area contributed by atoms with E-state index in [2.05, 4.69) is 25.6 Å². The van der Waals surface area contributed by atoms with Crippen molar-refractivity contribution in [2.75, 3.05) is 32.8 Å². The van der Waals surface area contributed by atoms with E-state index in [9.17, 15) is 13.6 Å². The number of methoxy groups -OCH3 is 2. The number of nitrogens with one attached hydrogen (secondary N) is 2. The van der Waals surface area contributed by atoms with Gasteiger partial charge in [0.25, 0.3) is 5.91 Å². The Kier molecular flexibility index (Phi) is 7.66. The number of aromatic nitrogens is 3. The van der Waals surface area contributed by atoms with Crippen molar-refractivity contribution in [1.29, 1.82) is 0 Å². The van der Waals surface area contributed by atoms with Crippen LogP contribution in [0.3, 0.4) is 0 Å². The second-order valence-corrected chi connectivity index (χ2v) is 9.96. The van der Waals surface area contributed by atoms with Crippen molar-refractivity contribution in [3.63, 3.8) is 0 Å². The number of carbonyl (C=O) groups excluding carboxylic acids is 1. The largest absolute Gasteiger partial charge is 0.481 e. The number of amides is 1. The molecule has 0 bridgehead atoms. The molecule has 0 spiro atoms. The molecule has 0 atom stereocenters. The van der Waals surface area contributed by atoms with E-state index in [1.165, 1.54) is 19.4 Å². The van der Waals surface area contributed by atoms with E-state index in [0.717, 1.165) is 32.1 Å². The van der Waals surface area contributed by atoms with Gasteiger partial charge in [0, 0.05) is 36.9 Å². The first-order valence-electron chi connectivity index (χ1n) is 12.7. The molecule has 1 saturated carbocycles. The molecule has 5 rings (SSSR count). The van der Waals surface area contributed by atoms with Crippen molar-refractivity contribution < 1.29 is 27.8 Å². The molecule has 0 radical (unpaired) electrons. The molecule has 1 aliphatic carbocycles. The molecule has 0 saturated heterocycles. The summed E-state index contributed by atoms with van der Waals surface area (Å²) in [6, 6.07) is 4.76. The Morgan fingerprint density at radius 2 is 2.00 bits per heavy atom. The Balaban J connectivity index is 1.22. The lowest BCUT2D eigenvalue weighted by Gasteiger charge is -2.41. The molecular weight excluding hydrogens is 496 g/mol. The number of nitrogens with zero attached hydrogens (tertiary/aromatic N) is 3. The van der Waals surface area contributed by atoms with Gasteiger partial charge < -0.3 is 24.8 Å². The van der Waals surface area contributed by atoms with Crippen LogP contribution in [0, 0.1) is 17.6 Å². The van der Waals surface area contributed by atoms with Gasteiger partial charge in [0.1, 0.15) is 11.6 Å². The lowest BCUT2D eigenvalue weighted by Crippen LogP contribution is -2.51. The van der Waals surface area contributed by atoms with Crippen LogP contribution >= 0.6 is 0 Å². The van der Waals surface area contributed by atoms with Gasteiger partial charge in [-0.15, -0.1) is 0 Å². The SMILES string of the molecule is COCC1(NCc2nc3c(cc2F)OCC(=O)N3)CCC(CCc2c(F)cnc3ccc(OC)nc23)CC1. The Labute approximate surface area is 219 Å². The number of ether oxygens (including phenoxy) is 3. The highest BCUT2D eigenvalue weighted by atomic mass is 19.1. The van der Waals surface area contributed by atoms with Crippen LogP contribution in [-0.2, 0) is 22.5 Å². The Morgan fingerprint density at radius 1 is 1.18 bits per heavy atom. The normalized spacial score (nSPS) is 21.1. The topological polar surface area (TPSA) is 107 Å². The first-order chi connectivity index (χ1) is 18.4. The highest BCUT2D eigenvalue weighted by Crippen LogP contribution is 2.36. The number of hydrogen-bond donors (Lipinski definition) is 2. The third-order valence-electron chi connectivity index (χ3n) is 7.50. The number of carbonyl (C=O) groups is 1. The fourth-order valence-electron chi connectivity index (χ4n) is 5.36. The molecule has 3 aromatic heterocycles. The second-order valence-electron chi connectivity index (χ2n) is 9.96. The van der Waals surface area contributed by atoms with E-state index in [1.54, 1.807) is 19.2 Å². The summed E-state index contributed by atoms with van der Waals surface area (Å²) in [5, 5.41) is 6.10. The second kappa shape index (κ2) is 11.1. The van der Waals surface area contributed by atoms with Gasteiger partial charge in [0.2, 0.25) is 5.88 Å². The number of aryl methyl sites for hydroxylation is 1. The number of rotatable bonds is 9. The van der Waals surface area contributed by atoms with Gasteiger partial charge >= 0.3 is 0 Å². The third kappa shape index (κ3) is 5.53. The molecule has 38 heavy (non-hydrogen) atoms. The standard InChI is InChI=1S/C27H31F2N5O4/c1-36-15-27(31-13-21-18(28)11-22-26(32-21)33-23(35)14-38-22)9-7-16(8-10-27)3-4-17-19(29)12-30-20-5-6-24(37-2)34-25(17)20/h5-6,11-12,16,31H,3-4,7-10,13-15H2,1-2H3,(H,32,33,35). The zero-order valence-corrected chi connectivity index (χ0v) is 21.5. The van der Waals surface area contributed by atoms with Crippen molar-refractivity contribution in [3.8, 4) is 11.6 Å². The van der Waals surface area contributed by atoms with Crippen molar-refractivity contribution in [1.82, 2.24) is 20.3 Å². The molecule has 2 N–H and O–H groups in total. The summed E-state index contributed by atoms with van der Waals surface area (Å²) in [6.45, 7) is 0.503. The summed E-state index contributed by atoms with van der Waals surface area (Å²) in [5.74, 6) is 0.118. The molecule has 202 valence electrons. The molecule has 1 fully saturated rings. The number of halogens is 2. The first kappa shape index (κ1) is 26.2. The van der Waals surface area contributed by atoms with E-state index in [1.807, 2.05) is 0 Å². The molecule has 11 heteroatoms. The minimum atomic E-state index is -0.495. The van der Waals surface area contributed by atoms with Crippen LogP contribution < -0.4 is 20.1 Å². The quantitative estimate of drug-likeness (QED) is 0.431. The maximum atomic E-state index is 14.7. The predicted molar refractivity (Wildman–Crippen MR) is 136 cm³/mol. The zero-order chi connectivity index (χ0) is 26.7. The smallest absolute Gasteiger partial charge is 0.263 e. The van der Waals surface area contributed by atoms with Crippen LogP contribution in [0.2, 0.25) is 0 Å². The maximum absolute atomic E-state index is 14.7. The number of hydrogen-bond acceptors (Lipinski definition) is 8. The zero-order valence-electron chi connectivity index (χ0n) is 21.5. The summed E-state index contributed by atoms with van der Waals surface area (Å²) in [4.78, 5) is 24.5. The summed E-state index contributed by atoms with van der Waals surface area (Å²) in [7, 11) is 3.18. The van der Waals surface area contributed by atoms with Gasteiger partial charge in [0.15, 0.2) is 18.2 Å². The van der Waals surface area contributed by atoms with Crippen molar-refractivity contribution in [3.05, 3.63) is 47.3 Å². The van der Waals surface area contributed by atoms with Crippen molar-refractivity contribution in [2.24, 2.45) is 5.92 Å². The Hall–Kier alpha value is -3.44. The van der Waals surface area contributed by atoms with Gasteiger partial charge in [-0.3, -0.25) is 9.78 Å². The average Bonchev–Trinajstić information content (AvgIpc) is 2.92. The van der Waals surface area contributed by atoms with E-state index in [-0.39, 0.29) is 47.7 Å². The van der Waals surface area contributed by atoms with Gasteiger partial charge in [0.05, 0.1) is 36.6 Å². The fraction of sp³-hybridized carbons (Fsp3) is 0.481. The highest BCUT2D eigenvalue weighted by molar-refractivity contribution is 5.94. The summed E-state index contributed by atoms with van der Waals surface area (Å²) in [5.41, 5.74) is 1.61. The van der Waals surface area contributed by atoms with Crippen LogP contribution in [0.5, 0.6) is 11.6 Å². The molecular formula is C27H31F2N5O4. The molecule has 3 aromatic rings. The van der Waals surface area contributed by atoms with E-state index in [4.69, 9.17) is 14.2 Å². The van der Waals surface area contributed by atoms with Crippen LogP contribution in [0.25, 0.3) is 11.0 Å². The molecule has 1 aliphatic heterocycles. The van der Waals surface area contributed by atoms with E-state index >= 15 is 0 Å². The molecule has 1 amide bonds. The van der Waals surface area contributed by atoms with Crippen molar-refractivity contribution >= 4 is 22.8 Å². The Bertz CT molecular complexity index is 1330. The van der Waals surface area contributed by atoms with Gasteiger partial charge in [-0.25, -0.2) is 18.7 Å². The van der Waals surface area contributed by atoms with Crippen LogP contribution in [-0.4, -0.2) is 53.8 Å². The van der Waals surface area contributed by atoms with E-state index < -0.39 is 5.82 Å². The number of fused-ring (bicyclic) bond motifs is 2. The highest BCUT2D eigenvalue weighted by Gasteiger charge is 2.35. The van der Waals surface area contributed by atoms with Gasteiger partial charge in [-0.1, -0.05) is 0 Å². The third-order valence-corrected chi connectivity index (χ3v) is 7.50. The fourth-order valence-corrected chi connectivity index (χ4v) is 5.36. The lowest BCUT2D eigenvalue weighted by molar-refractivity contribution is -0.118. The van der Waals surface area contributed by atoms with Crippen LogP contribution in [0.4, 0.5) is 14.6 Å². The molecule has 0 unspecified atom stereocenters. The number of pyridine rings is 3.